The number of ether oxygens (including phenoxy) is 2. The van der Waals surface area contributed by atoms with Gasteiger partial charge in [0.1, 0.15) is 0 Å². The number of amides is 1. The van der Waals surface area contributed by atoms with Crippen molar-refractivity contribution >= 4 is 11.6 Å². The number of carbonyl (C=O) groups is 1. The lowest BCUT2D eigenvalue weighted by atomic mass is 10.0. The van der Waals surface area contributed by atoms with Gasteiger partial charge in [0.2, 0.25) is 5.91 Å². The summed E-state index contributed by atoms with van der Waals surface area (Å²) in [4.78, 5) is 15.0. The fraction of sp³-hybridized carbons (Fsp3) is 0.611. The highest BCUT2D eigenvalue weighted by atomic mass is 16.5. The summed E-state index contributed by atoms with van der Waals surface area (Å²) < 4.78 is 10.5. The molecule has 1 aromatic carbocycles. The molecule has 0 spiro atoms. The molecule has 1 heterocycles. The fourth-order valence-corrected chi connectivity index (χ4v) is 3.06. The largest absolute Gasteiger partial charge is 0.493 e. The van der Waals surface area contributed by atoms with Gasteiger partial charge in [-0.25, -0.2) is 0 Å². The number of rotatable bonds is 7. The predicted octanol–water partition coefficient (Wildman–Crippen LogP) is 3.30. The molecule has 1 atom stereocenters. The van der Waals surface area contributed by atoms with E-state index in [1.807, 2.05) is 12.1 Å². The van der Waals surface area contributed by atoms with E-state index in [1.165, 1.54) is 6.42 Å². The lowest BCUT2D eigenvalue weighted by Gasteiger charge is -2.34. The van der Waals surface area contributed by atoms with Crippen LogP contribution in [0.25, 0.3) is 0 Å². The molecule has 1 unspecified atom stereocenters. The van der Waals surface area contributed by atoms with Crippen LogP contribution in [0.4, 0.5) is 5.69 Å². The first-order valence-electron chi connectivity index (χ1n) is 8.46. The number of likely N-dealkylation sites (tertiary alicyclic amines) is 1. The Morgan fingerprint density at radius 2 is 2.04 bits per heavy atom. The minimum Gasteiger partial charge on any atom is -0.493 e. The van der Waals surface area contributed by atoms with Gasteiger partial charge in [0.05, 0.1) is 20.3 Å². The second kappa shape index (κ2) is 8.77. The first-order chi connectivity index (χ1) is 11.2. The van der Waals surface area contributed by atoms with Gasteiger partial charge in [0.25, 0.3) is 0 Å². The number of nitrogens with zero attached hydrogens (tertiary/aromatic N) is 1. The number of piperidine rings is 1. The lowest BCUT2D eigenvalue weighted by Crippen LogP contribution is -2.47. The van der Waals surface area contributed by atoms with Gasteiger partial charge in [-0.2, -0.15) is 0 Å². The van der Waals surface area contributed by atoms with E-state index in [1.54, 1.807) is 20.3 Å². The average molecular weight is 320 g/mol. The molecular weight excluding hydrogens is 292 g/mol. The summed E-state index contributed by atoms with van der Waals surface area (Å²) in [6.45, 7) is 4.20. The molecule has 0 bridgehead atoms. The maximum absolute atomic E-state index is 12.7. The van der Waals surface area contributed by atoms with Gasteiger partial charge >= 0.3 is 0 Å². The van der Waals surface area contributed by atoms with Crippen molar-refractivity contribution in [2.45, 2.75) is 45.1 Å². The number of hydrogen-bond acceptors (Lipinski definition) is 4. The van der Waals surface area contributed by atoms with Crippen molar-refractivity contribution in [1.82, 2.24) is 4.90 Å². The third-order valence-corrected chi connectivity index (χ3v) is 4.37. The minimum absolute atomic E-state index is 0.0246. The number of benzene rings is 1. The Bertz CT molecular complexity index is 519. The fourth-order valence-electron chi connectivity index (χ4n) is 3.06. The Hall–Kier alpha value is -1.75. The standard InChI is InChI=1S/C18H28N2O3/c1-4-5-11-20-12-7-6-8-15(20)18(21)19-14-9-10-16(22-2)17(13-14)23-3/h9-10,13,15H,4-8,11-12H2,1-3H3,(H,19,21). The van der Waals surface area contributed by atoms with Crippen molar-refractivity contribution in [1.29, 1.82) is 0 Å². The zero-order valence-corrected chi connectivity index (χ0v) is 14.4. The first-order valence-corrected chi connectivity index (χ1v) is 8.46. The SMILES string of the molecule is CCCCN1CCCCC1C(=O)Nc1ccc(OC)c(OC)c1. The van der Waals surface area contributed by atoms with Crippen molar-refractivity contribution < 1.29 is 14.3 Å². The summed E-state index contributed by atoms with van der Waals surface area (Å²) in [7, 11) is 3.20. The number of anilines is 1. The zero-order chi connectivity index (χ0) is 16.7. The molecule has 5 heteroatoms. The monoisotopic (exact) mass is 320 g/mol. The molecule has 1 aliphatic rings. The van der Waals surface area contributed by atoms with Crippen molar-refractivity contribution in [2.75, 3.05) is 32.6 Å². The number of unbranched alkanes of at least 4 members (excludes halogenated alkanes) is 1. The molecule has 1 N–H and O–H groups in total. The van der Waals surface area contributed by atoms with Crippen molar-refractivity contribution in [3.05, 3.63) is 18.2 Å². The van der Waals surface area contributed by atoms with Gasteiger partial charge in [0.15, 0.2) is 11.5 Å². The molecule has 1 aliphatic heterocycles. The van der Waals surface area contributed by atoms with E-state index >= 15 is 0 Å². The normalized spacial score (nSPS) is 18.5. The molecule has 5 nitrogen and oxygen atoms in total. The molecular formula is C18H28N2O3. The number of hydrogen-bond donors (Lipinski definition) is 1. The van der Waals surface area contributed by atoms with Crippen LogP contribution in [0.1, 0.15) is 39.0 Å². The van der Waals surface area contributed by atoms with E-state index in [0.29, 0.717) is 11.5 Å². The highest BCUT2D eigenvalue weighted by Crippen LogP contribution is 2.30. The van der Waals surface area contributed by atoms with Crippen LogP contribution < -0.4 is 14.8 Å². The maximum Gasteiger partial charge on any atom is 0.241 e. The molecule has 0 aromatic heterocycles. The molecule has 0 aliphatic carbocycles. The van der Waals surface area contributed by atoms with Crippen molar-refractivity contribution in [3.63, 3.8) is 0 Å². The third kappa shape index (κ3) is 4.61. The van der Waals surface area contributed by atoms with Crippen LogP contribution in [0.5, 0.6) is 11.5 Å². The molecule has 1 fully saturated rings. The van der Waals surface area contributed by atoms with E-state index in [2.05, 4.69) is 17.1 Å². The molecule has 1 amide bonds. The van der Waals surface area contributed by atoms with E-state index < -0.39 is 0 Å². The Labute approximate surface area is 139 Å². The van der Waals surface area contributed by atoms with Crippen molar-refractivity contribution in [2.24, 2.45) is 0 Å². The average Bonchev–Trinajstić information content (AvgIpc) is 2.60. The number of carbonyl (C=O) groups excluding carboxylic acids is 1. The summed E-state index contributed by atoms with van der Waals surface area (Å²) >= 11 is 0. The van der Waals surface area contributed by atoms with Crippen LogP contribution in [-0.2, 0) is 4.79 Å². The first kappa shape index (κ1) is 17.6. The van der Waals surface area contributed by atoms with Gasteiger partial charge in [0, 0.05) is 11.8 Å². The number of methoxy groups -OCH3 is 2. The molecule has 2 rings (SSSR count). The van der Waals surface area contributed by atoms with E-state index in [9.17, 15) is 4.79 Å². The molecule has 0 radical (unpaired) electrons. The van der Waals surface area contributed by atoms with Crippen LogP contribution >= 0.6 is 0 Å². The molecule has 1 saturated heterocycles. The second-order valence-corrected chi connectivity index (χ2v) is 5.96. The third-order valence-electron chi connectivity index (χ3n) is 4.37. The summed E-state index contributed by atoms with van der Waals surface area (Å²) in [5.74, 6) is 1.36. The summed E-state index contributed by atoms with van der Waals surface area (Å²) in [5.41, 5.74) is 0.744. The van der Waals surface area contributed by atoms with E-state index in [0.717, 1.165) is 44.5 Å². The van der Waals surface area contributed by atoms with Crippen LogP contribution in [0.15, 0.2) is 18.2 Å². The predicted molar refractivity (Wildman–Crippen MR) is 92.3 cm³/mol. The molecule has 1 aromatic rings. The summed E-state index contributed by atoms with van der Waals surface area (Å²) in [6, 6.07) is 5.43. The smallest absolute Gasteiger partial charge is 0.241 e. The molecule has 128 valence electrons. The van der Waals surface area contributed by atoms with Gasteiger partial charge in [-0.15, -0.1) is 0 Å². The maximum atomic E-state index is 12.7. The zero-order valence-electron chi connectivity index (χ0n) is 14.4. The Morgan fingerprint density at radius 3 is 2.74 bits per heavy atom. The van der Waals surface area contributed by atoms with Crippen LogP contribution in [0.2, 0.25) is 0 Å². The van der Waals surface area contributed by atoms with Gasteiger partial charge in [-0.3, -0.25) is 9.69 Å². The highest BCUT2D eigenvalue weighted by molar-refractivity contribution is 5.95. The Morgan fingerprint density at radius 1 is 1.26 bits per heavy atom. The van der Waals surface area contributed by atoms with Crippen LogP contribution in [0.3, 0.4) is 0 Å². The highest BCUT2D eigenvalue weighted by Gasteiger charge is 2.28. The summed E-state index contributed by atoms with van der Waals surface area (Å²) in [6.07, 6.45) is 5.53. The van der Waals surface area contributed by atoms with Gasteiger partial charge < -0.3 is 14.8 Å². The van der Waals surface area contributed by atoms with Gasteiger partial charge in [-0.05, 0) is 44.5 Å². The lowest BCUT2D eigenvalue weighted by molar-refractivity contribution is -0.122. The molecule has 23 heavy (non-hydrogen) atoms. The topological polar surface area (TPSA) is 50.8 Å². The van der Waals surface area contributed by atoms with Crippen LogP contribution in [0, 0.1) is 0 Å². The van der Waals surface area contributed by atoms with E-state index in [-0.39, 0.29) is 11.9 Å². The number of nitrogens with one attached hydrogen (secondary N) is 1. The van der Waals surface area contributed by atoms with Gasteiger partial charge in [-0.1, -0.05) is 19.8 Å². The summed E-state index contributed by atoms with van der Waals surface area (Å²) in [5, 5.41) is 3.03. The minimum atomic E-state index is -0.0246. The molecule has 0 saturated carbocycles. The Balaban J connectivity index is 2.04. The van der Waals surface area contributed by atoms with Crippen molar-refractivity contribution in [3.8, 4) is 11.5 Å². The second-order valence-electron chi connectivity index (χ2n) is 5.96. The Kier molecular flexibility index (Phi) is 6.71. The quantitative estimate of drug-likeness (QED) is 0.837. The van der Waals surface area contributed by atoms with Crippen LogP contribution in [-0.4, -0.2) is 44.2 Å². The van der Waals surface area contributed by atoms with E-state index in [4.69, 9.17) is 9.47 Å².